The SMILES string of the molecule is O=C=Nc1cccc(Nc2ccccn2)c1Cl. The molecule has 0 radical (unpaired) electrons. The van der Waals surface area contributed by atoms with Crippen LogP contribution in [0.4, 0.5) is 17.2 Å². The highest BCUT2D eigenvalue weighted by Crippen LogP contribution is 2.33. The molecule has 1 aromatic carbocycles. The van der Waals surface area contributed by atoms with E-state index in [2.05, 4.69) is 15.3 Å². The Morgan fingerprint density at radius 1 is 1.24 bits per heavy atom. The van der Waals surface area contributed by atoms with Gasteiger partial charge in [-0.2, -0.15) is 4.99 Å². The molecule has 1 aromatic heterocycles. The molecule has 0 saturated carbocycles. The molecular weight excluding hydrogens is 238 g/mol. The van der Waals surface area contributed by atoms with Gasteiger partial charge in [-0.1, -0.05) is 23.7 Å². The van der Waals surface area contributed by atoms with Crippen LogP contribution in [0.1, 0.15) is 0 Å². The van der Waals surface area contributed by atoms with Crippen LogP contribution in [0.5, 0.6) is 0 Å². The Hall–Kier alpha value is -2.16. The summed E-state index contributed by atoms with van der Waals surface area (Å²) in [6.45, 7) is 0. The Labute approximate surface area is 103 Å². The Kier molecular flexibility index (Phi) is 3.50. The second kappa shape index (κ2) is 5.25. The molecule has 0 saturated heterocycles. The summed E-state index contributed by atoms with van der Waals surface area (Å²) in [6.07, 6.45) is 3.13. The van der Waals surface area contributed by atoms with Crippen molar-refractivity contribution in [3.8, 4) is 0 Å². The van der Waals surface area contributed by atoms with Crippen molar-refractivity contribution in [3.05, 3.63) is 47.6 Å². The lowest BCUT2D eigenvalue weighted by atomic mass is 10.2. The number of carbonyl (C=O) groups excluding carboxylic acids is 1. The van der Waals surface area contributed by atoms with Crippen molar-refractivity contribution in [2.24, 2.45) is 4.99 Å². The number of hydrogen-bond acceptors (Lipinski definition) is 4. The third kappa shape index (κ3) is 2.69. The van der Waals surface area contributed by atoms with Crippen molar-refractivity contribution >= 4 is 34.9 Å². The largest absolute Gasteiger partial charge is 0.339 e. The van der Waals surface area contributed by atoms with Gasteiger partial charge in [0.15, 0.2) is 0 Å². The van der Waals surface area contributed by atoms with E-state index in [4.69, 9.17) is 11.6 Å². The molecule has 0 aliphatic carbocycles. The first-order valence-electron chi connectivity index (χ1n) is 4.85. The molecule has 0 unspecified atom stereocenters. The number of nitrogens with zero attached hydrogens (tertiary/aromatic N) is 2. The van der Waals surface area contributed by atoms with Gasteiger partial charge >= 0.3 is 0 Å². The number of halogens is 1. The summed E-state index contributed by atoms with van der Waals surface area (Å²) in [7, 11) is 0. The van der Waals surface area contributed by atoms with Gasteiger partial charge in [0, 0.05) is 6.20 Å². The maximum atomic E-state index is 10.2. The van der Waals surface area contributed by atoms with Crippen LogP contribution in [-0.4, -0.2) is 11.1 Å². The maximum absolute atomic E-state index is 10.2. The summed E-state index contributed by atoms with van der Waals surface area (Å²) in [5, 5.41) is 3.40. The number of pyridine rings is 1. The number of hydrogen-bond donors (Lipinski definition) is 1. The van der Waals surface area contributed by atoms with Gasteiger partial charge in [-0.25, -0.2) is 9.78 Å². The molecule has 0 aliphatic heterocycles. The summed E-state index contributed by atoms with van der Waals surface area (Å²) in [5.74, 6) is 0.668. The molecule has 0 aliphatic rings. The Morgan fingerprint density at radius 2 is 2.12 bits per heavy atom. The predicted octanol–water partition coefficient (Wildman–Crippen LogP) is 3.45. The quantitative estimate of drug-likeness (QED) is 0.666. The van der Waals surface area contributed by atoms with Crippen LogP contribution in [0.15, 0.2) is 47.6 Å². The fourth-order valence-corrected chi connectivity index (χ4v) is 1.54. The number of isocyanates is 1. The topological polar surface area (TPSA) is 54.4 Å². The van der Waals surface area contributed by atoms with Crippen molar-refractivity contribution in [2.45, 2.75) is 0 Å². The molecule has 84 valence electrons. The van der Waals surface area contributed by atoms with Crippen LogP contribution in [0.3, 0.4) is 0 Å². The second-order valence-electron chi connectivity index (χ2n) is 3.18. The average molecular weight is 246 g/mol. The molecule has 0 bridgehead atoms. The zero-order chi connectivity index (χ0) is 12.1. The molecule has 0 spiro atoms. The van der Waals surface area contributed by atoms with E-state index in [0.717, 1.165) is 0 Å². The molecule has 1 N–H and O–H groups in total. The molecular formula is C12H8ClN3O. The van der Waals surface area contributed by atoms with Gasteiger partial charge in [0.05, 0.1) is 16.4 Å². The lowest BCUT2D eigenvalue weighted by molar-refractivity contribution is 0.565. The van der Waals surface area contributed by atoms with Crippen LogP contribution < -0.4 is 5.32 Å². The summed E-state index contributed by atoms with van der Waals surface area (Å²) in [5.41, 5.74) is 1.02. The van der Waals surface area contributed by atoms with E-state index in [1.807, 2.05) is 18.2 Å². The summed E-state index contributed by atoms with van der Waals surface area (Å²) in [6, 6.07) is 10.6. The van der Waals surface area contributed by atoms with E-state index in [0.29, 0.717) is 22.2 Å². The van der Waals surface area contributed by atoms with Crippen LogP contribution in [0.2, 0.25) is 5.02 Å². The lowest BCUT2D eigenvalue weighted by Crippen LogP contribution is -1.93. The highest BCUT2D eigenvalue weighted by atomic mass is 35.5. The fourth-order valence-electron chi connectivity index (χ4n) is 1.33. The zero-order valence-corrected chi connectivity index (χ0v) is 9.48. The third-order valence-electron chi connectivity index (χ3n) is 2.07. The molecule has 1 heterocycles. The van der Waals surface area contributed by atoms with Gasteiger partial charge in [0.1, 0.15) is 5.82 Å². The monoisotopic (exact) mass is 245 g/mol. The van der Waals surface area contributed by atoms with E-state index in [1.165, 1.54) is 6.08 Å². The van der Waals surface area contributed by atoms with Gasteiger partial charge in [-0.3, -0.25) is 0 Å². The van der Waals surface area contributed by atoms with Gasteiger partial charge < -0.3 is 5.32 Å². The van der Waals surface area contributed by atoms with Gasteiger partial charge in [-0.05, 0) is 24.3 Å². The minimum absolute atomic E-state index is 0.363. The van der Waals surface area contributed by atoms with Gasteiger partial charge in [0.25, 0.3) is 0 Å². The number of rotatable bonds is 3. The summed E-state index contributed by atoms with van der Waals surface area (Å²) in [4.78, 5) is 17.8. The van der Waals surface area contributed by atoms with Crippen LogP contribution >= 0.6 is 11.6 Å². The average Bonchev–Trinajstić information content (AvgIpc) is 2.36. The smallest absolute Gasteiger partial charge is 0.240 e. The molecule has 17 heavy (non-hydrogen) atoms. The van der Waals surface area contributed by atoms with Crippen molar-refractivity contribution < 1.29 is 4.79 Å². The van der Waals surface area contributed by atoms with E-state index in [-0.39, 0.29) is 0 Å². The van der Waals surface area contributed by atoms with Crippen molar-refractivity contribution in [2.75, 3.05) is 5.32 Å². The first kappa shape index (κ1) is 11.3. The number of aliphatic imine (C=N–C) groups is 1. The second-order valence-corrected chi connectivity index (χ2v) is 3.56. The predicted molar refractivity (Wildman–Crippen MR) is 66.8 cm³/mol. The third-order valence-corrected chi connectivity index (χ3v) is 2.47. The van der Waals surface area contributed by atoms with Crippen molar-refractivity contribution in [1.82, 2.24) is 4.98 Å². The normalized spacial score (nSPS) is 9.47. The highest BCUT2D eigenvalue weighted by molar-refractivity contribution is 6.35. The number of nitrogens with one attached hydrogen (secondary N) is 1. The molecule has 2 aromatic rings. The Balaban J connectivity index is 2.34. The van der Waals surface area contributed by atoms with Crippen LogP contribution in [-0.2, 0) is 4.79 Å². The van der Waals surface area contributed by atoms with Crippen LogP contribution in [0.25, 0.3) is 0 Å². The van der Waals surface area contributed by atoms with Gasteiger partial charge in [-0.15, -0.1) is 0 Å². The number of anilines is 2. The first-order valence-corrected chi connectivity index (χ1v) is 5.23. The lowest BCUT2D eigenvalue weighted by Gasteiger charge is -2.08. The Morgan fingerprint density at radius 3 is 2.82 bits per heavy atom. The molecule has 0 amide bonds. The van der Waals surface area contributed by atoms with E-state index < -0.39 is 0 Å². The molecule has 0 fully saturated rings. The standard InChI is InChI=1S/C12H8ClN3O/c13-12-9(15-8-17)4-3-5-10(12)16-11-6-1-2-7-14-11/h1-7H,(H,14,16). The van der Waals surface area contributed by atoms with E-state index in [9.17, 15) is 4.79 Å². The molecule has 2 rings (SSSR count). The Bertz CT molecular complexity index is 565. The van der Waals surface area contributed by atoms with Crippen LogP contribution in [0, 0.1) is 0 Å². The fraction of sp³-hybridized carbons (Fsp3) is 0. The minimum atomic E-state index is 0.363. The first-order chi connectivity index (χ1) is 8.31. The van der Waals surface area contributed by atoms with E-state index >= 15 is 0 Å². The summed E-state index contributed by atoms with van der Waals surface area (Å²) < 4.78 is 0. The molecule has 5 heteroatoms. The maximum Gasteiger partial charge on any atom is 0.240 e. The number of benzene rings is 1. The van der Waals surface area contributed by atoms with Gasteiger partial charge in [0.2, 0.25) is 6.08 Å². The van der Waals surface area contributed by atoms with E-state index in [1.54, 1.807) is 24.4 Å². The summed E-state index contributed by atoms with van der Waals surface area (Å²) >= 11 is 6.07. The number of aromatic nitrogens is 1. The zero-order valence-electron chi connectivity index (χ0n) is 8.72. The van der Waals surface area contributed by atoms with Crippen molar-refractivity contribution in [1.29, 1.82) is 0 Å². The highest BCUT2D eigenvalue weighted by Gasteiger charge is 2.05. The van der Waals surface area contributed by atoms with Crippen molar-refractivity contribution in [3.63, 3.8) is 0 Å². The minimum Gasteiger partial charge on any atom is -0.339 e. The molecule has 4 nitrogen and oxygen atoms in total. The molecule has 0 atom stereocenters.